The monoisotopic (exact) mass is 505 g/mol. The van der Waals surface area contributed by atoms with E-state index in [0.717, 1.165) is 4.90 Å². The molecule has 1 N–H and O–H groups in total. The number of methoxy groups -OCH3 is 1. The second-order valence-electron chi connectivity index (χ2n) is 7.14. The minimum atomic E-state index is -1.26. The molecule has 0 radical (unpaired) electrons. The summed E-state index contributed by atoms with van der Waals surface area (Å²) in [5.74, 6) is -2.85. The van der Waals surface area contributed by atoms with Crippen LogP contribution in [0.25, 0.3) is 5.76 Å². The van der Waals surface area contributed by atoms with Crippen molar-refractivity contribution in [2.24, 2.45) is 0 Å². The number of anilines is 1. The zero-order valence-electron chi connectivity index (χ0n) is 17.0. The van der Waals surface area contributed by atoms with Crippen LogP contribution in [0.15, 0.2) is 66.2 Å². The van der Waals surface area contributed by atoms with E-state index in [1.165, 1.54) is 61.7 Å². The Kier molecular flexibility index (Phi) is 6.34. The average molecular weight is 507 g/mol. The summed E-state index contributed by atoms with van der Waals surface area (Å²) in [7, 11) is 1.40. The Bertz CT molecular complexity index is 1320. The zero-order chi connectivity index (χ0) is 23.9. The van der Waals surface area contributed by atoms with E-state index >= 15 is 0 Å². The highest BCUT2D eigenvalue weighted by molar-refractivity contribution is 6.52. The molecular formula is C24H15Cl3FNO4. The van der Waals surface area contributed by atoms with Gasteiger partial charge in [-0.15, -0.1) is 0 Å². The topological polar surface area (TPSA) is 66.8 Å². The Balaban J connectivity index is 1.98. The van der Waals surface area contributed by atoms with Crippen LogP contribution >= 0.6 is 34.8 Å². The molecule has 3 aromatic rings. The lowest BCUT2D eigenvalue weighted by Gasteiger charge is -2.26. The average Bonchev–Trinajstić information content (AvgIpc) is 3.06. The third kappa shape index (κ3) is 4.06. The molecule has 1 unspecified atom stereocenters. The fourth-order valence-corrected chi connectivity index (χ4v) is 4.17. The second-order valence-corrected chi connectivity index (χ2v) is 8.36. The van der Waals surface area contributed by atoms with Crippen LogP contribution < -0.4 is 9.64 Å². The third-order valence-corrected chi connectivity index (χ3v) is 6.30. The van der Waals surface area contributed by atoms with Crippen molar-refractivity contribution in [1.82, 2.24) is 0 Å². The van der Waals surface area contributed by atoms with Crippen LogP contribution in [0.4, 0.5) is 10.1 Å². The Morgan fingerprint density at radius 3 is 2.33 bits per heavy atom. The minimum absolute atomic E-state index is 0.0188. The van der Waals surface area contributed by atoms with Crippen LogP contribution in [0.2, 0.25) is 15.1 Å². The number of hydrogen-bond acceptors (Lipinski definition) is 4. The highest BCUT2D eigenvalue weighted by Gasteiger charge is 2.48. The fourth-order valence-electron chi connectivity index (χ4n) is 3.69. The van der Waals surface area contributed by atoms with Gasteiger partial charge in [-0.25, -0.2) is 4.39 Å². The summed E-state index contributed by atoms with van der Waals surface area (Å²) >= 11 is 18.2. The van der Waals surface area contributed by atoms with E-state index in [2.05, 4.69) is 0 Å². The minimum Gasteiger partial charge on any atom is -0.507 e. The van der Waals surface area contributed by atoms with Gasteiger partial charge in [0.05, 0.1) is 33.8 Å². The number of amides is 1. The molecule has 1 aliphatic heterocycles. The summed E-state index contributed by atoms with van der Waals surface area (Å²) in [4.78, 5) is 27.3. The smallest absolute Gasteiger partial charge is 0.300 e. The molecule has 5 nitrogen and oxygen atoms in total. The van der Waals surface area contributed by atoms with Crippen LogP contribution in [0, 0.1) is 5.82 Å². The van der Waals surface area contributed by atoms with E-state index in [1.807, 2.05) is 0 Å². The summed E-state index contributed by atoms with van der Waals surface area (Å²) in [6, 6.07) is 13.1. The highest BCUT2D eigenvalue weighted by atomic mass is 35.5. The number of aliphatic hydroxyl groups is 1. The molecule has 0 spiro atoms. The maximum atomic E-state index is 14.9. The molecule has 4 rings (SSSR count). The predicted octanol–water partition coefficient (Wildman–Crippen LogP) is 6.42. The lowest BCUT2D eigenvalue weighted by Crippen LogP contribution is -2.29. The molecule has 1 heterocycles. The number of hydrogen-bond donors (Lipinski definition) is 1. The van der Waals surface area contributed by atoms with Gasteiger partial charge in [-0.3, -0.25) is 14.5 Å². The second kappa shape index (κ2) is 9.06. The van der Waals surface area contributed by atoms with Crippen molar-refractivity contribution in [3.05, 3.63) is 98.2 Å². The zero-order valence-corrected chi connectivity index (χ0v) is 19.2. The molecular weight excluding hydrogens is 492 g/mol. The fraction of sp³-hybridized carbons (Fsp3) is 0.0833. The highest BCUT2D eigenvalue weighted by Crippen LogP contribution is 2.44. The molecule has 0 aromatic heterocycles. The first-order chi connectivity index (χ1) is 15.7. The van der Waals surface area contributed by atoms with Crippen molar-refractivity contribution in [3.63, 3.8) is 0 Å². The van der Waals surface area contributed by atoms with Gasteiger partial charge < -0.3 is 9.84 Å². The number of rotatable bonds is 4. The number of halogens is 4. The third-order valence-electron chi connectivity index (χ3n) is 5.25. The number of carbonyl (C=O) groups is 2. The predicted molar refractivity (Wildman–Crippen MR) is 126 cm³/mol. The van der Waals surface area contributed by atoms with Gasteiger partial charge >= 0.3 is 0 Å². The van der Waals surface area contributed by atoms with Gasteiger partial charge in [0.25, 0.3) is 11.7 Å². The first kappa shape index (κ1) is 23.1. The summed E-state index contributed by atoms with van der Waals surface area (Å²) in [6.07, 6.45) is 0. The summed E-state index contributed by atoms with van der Waals surface area (Å²) in [5.41, 5.74) is 0.114. The Morgan fingerprint density at radius 2 is 1.67 bits per heavy atom. The molecule has 1 saturated heterocycles. The molecule has 1 aliphatic rings. The van der Waals surface area contributed by atoms with Gasteiger partial charge in [0, 0.05) is 16.8 Å². The normalized spacial score (nSPS) is 17.5. The standard InChI is InChI=1S/C24H15Cl3FNO4/c1-33-19-10-12(6-8-16(19)26)22(30)20-21(14-4-2-3-5-18(14)28)29(24(32)23(20)31)13-7-9-15(25)17(27)11-13/h2-11,21,30H,1H3/b22-20+. The molecule has 9 heteroatoms. The van der Waals surface area contributed by atoms with Gasteiger partial charge in [-0.2, -0.15) is 0 Å². The van der Waals surface area contributed by atoms with E-state index in [1.54, 1.807) is 6.07 Å². The maximum absolute atomic E-state index is 14.9. The Hall–Kier alpha value is -3.06. The van der Waals surface area contributed by atoms with E-state index in [9.17, 15) is 19.1 Å². The molecule has 0 saturated carbocycles. The van der Waals surface area contributed by atoms with E-state index in [-0.39, 0.29) is 43.2 Å². The molecule has 1 fully saturated rings. The quantitative estimate of drug-likeness (QED) is 0.252. The number of nitrogens with zero attached hydrogens (tertiary/aromatic N) is 1. The molecule has 1 atom stereocenters. The Morgan fingerprint density at radius 1 is 0.970 bits per heavy atom. The molecule has 168 valence electrons. The number of ether oxygens (including phenoxy) is 1. The lowest BCUT2D eigenvalue weighted by atomic mass is 9.94. The molecule has 33 heavy (non-hydrogen) atoms. The molecule has 1 amide bonds. The van der Waals surface area contributed by atoms with Gasteiger partial charge in [-0.1, -0.05) is 53.0 Å². The summed E-state index contributed by atoms with van der Waals surface area (Å²) < 4.78 is 20.1. The van der Waals surface area contributed by atoms with Crippen LogP contribution in [0.3, 0.4) is 0 Å². The SMILES string of the molecule is COc1cc(/C(O)=C2\C(=O)C(=O)N(c3ccc(Cl)c(Cl)c3)C2c2ccccc2F)ccc1Cl. The van der Waals surface area contributed by atoms with Crippen LogP contribution in [0.1, 0.15) is 17.2 Å². The Labute approximate surface area is 203 Å². The first-order valence-corrected chi connectivity index (χ1v) is 10.7. The van der Waals surface area contributed by atoms with Crippen molar-refractivity contribution in [2.75, 3.05) is 12.0 Å². The molecule has 0 aliphatic carbocycles. The van der Waals surface area contributed by atoms with Crippen molar-refractivity contribution >= 4 is 57.9 Å². The first-order valence-electron chi connectivity index (χ1n) is 9.59. The molecule has 3 aromatic carbocycles. The van der Waals surface area contributed by atoms with Gasteiger partial charge in [0.15, 0.2) is 0 Å². The van der Waals surface area contributed by atoms with E-state index in [4.69, 9.17) is 39.5 Å². The number of ketones is 1. The van der Waals surface area contributed by atoms with E-state index in [0.29, 0.717) is 0 Å². The number of benzene rings is 3. The number of aliphatic hydroxyl groups excluding tert-OH is 1. The van der Waals surface area contributed by atoms with Crippen LogP contribution in [-0.4, -0.2) is 23.9 Å². The van der Waals surface area contributed by atoms with Crippen molar-refractivity contribution in [2.45, 2.75) is 6.04 Å². The molecule has 0 bridgehead atoms. The van der Waals surface area contributed by atoms with Gasteiger partial charge in [0.1, 0.15) is 17.3 Å². The summed E-state index contributed by atoms with van der Waals surface area (Å²) in [5, 5.41) is 11.8. The lowest BCUT2D eigenvalue weighted by molar-refractivity contribution is -0.132. The largest absolute Gasteiger partial charge is 0.507 e. The van der Waals surface area contributed by atoms with Crippen molar-refractivity contribution in [1.29, 1.82) is 0 Å². The maximum Gasteiger partial charge on any atom is 0.300 e. The van der Waals surface area contributed by atoms with Gasteiger partial charge in [-0.05, 0) is 42.5 Å². The van der Waals surface area contributed by atoms with Crippen LogP contribution in [0.5, 0.6) is 5.75 Å². The number of carbonyl (C=O) groups excluding carboxylic acids is 2. The van der Waals surface area contributed by atoms with Crippen molar-refractivity contribution in [3.8, 4) is 5.75 Å². The van der Waals surface area contributed by atoms with E-state index < -0.39 is 29.3 Å². The number of Topliss-reactive ketones (excluding diaryl/α,β-unsaturated/α-hetero) is 1. The van der Waals surface area contributed by atoms with Gasteiger partial charge in [0.2, 0.25) is 0 Å². The van der Waals surface area contributed by atoms with Crippen LogP contribution in [-0.2, 0) is 9.59 Å². The summed E-state index contributed by atoms with van der Waals surface area (Å²) in [6.45, 7) is 0. The van der Waals surface area contributed by atoms with Crippen molar-refractivity contribution < 1.29 is 23.8 Å².